The zero-order chi connectivity index (χ0) is 21.3. The van der Waals surface area contributed by atoms with E-state index in [1.807, 2.05) is 30.3 Å². The number of ether oxygens (including phenoxy) is 2. The van der Waals surface area contributed by atoms with E-state index >= 15 is 0 Å². The monoisotopic (exact) mass is 412 g/mol. The van der Waals surface area contributed by atoms with Crippen molar-refractivity contribution in [2.45, 2.75) is 65.4 Å². The van der Waals surface area contributed by atoms with Crippen molar-refractivity contribution in [2.75, 3.05) is 6.61 Å². The van der Waals surface area contributed by atoms with Crippen molar-refractivity contribution < 1.29 is 19.1 Å². The van der Waals surface area contributed by atoms with Gasteiger partial charge in [0.05, 0.1) is 18.4 Å². The fraction of sp³-hybridized carbons (Fsp3) is 0.615. The lowest BCUT2D eigenvalue weighted by molar-refractivity contribution is -0.168. The van der Waals surface area contributed by atoms with E-state index in [-0.39, 0.29) is 30.4 Å². The second kappa shape index (κ2) is 11.3. The average molecular weight is 413 g/mol. The number of fused-ring (bicyclic) bond motifs is 2. The van der Waals surface area contributed by atoms with Gasteiger partial charge in [0.25, 0.3) is 0 Å². The minimum atomic E-state index is -0.420. The Hall–Kier alpha value is -2.10. The number of benzene rings is 1. The van der Waals surface area contributed by atoms with Crippen LogP contribution in [0.4, 0.5) is 0 Å². The summed E-state index contributed by atoms with van der Waals surface area (Å²) in [6.45, 7) is 5.18. The van der Waals surface area contributed by atoms with E-state index in [2.05, 4.69) is 26.0 Å². The first-order valence-electron chi connectivity index (χ1n) is 11.6. The summed E-state index contributed by atoms with van der Waals surface area (Å²) in [5.41, 5.74) is 0.957. The Labute approximate surface area is 181 Å². The molecule has 164 valence electrons. The first kappa shape index (κ1) is 22.6. The molecule has 0 radical (unpaired) electrons. The van der Waals surface area contributed by atoms with Crippen LogP contribution in [0.5, 0.6) is 0 Å². The predicted octanol–water partition coefficient (Wildman–Crippen LogP) is 5.71. The lowest BCUT2D eigenvalue weighted by Crippen LogP contribution is -2.46. The van der Waals surface area contributed by atoms with Crippen LogP contribution in [0.15, 0.2) is 42.5 Å². The number of hydrogen-bond donors (Lipinski definition) is 0. The van der Waals surface area contributed by atoms with Gasteiger partial charge < -0.3 is 9.47 Å². The summed E-state index contributed by atoms with van der Waals surface area (Å²) in [7, 11) is 0. The smallest absolute Gasteiger partial charge is 0.310 e. The van der Waals surface area contributed by atoms with Gasteiger partial charge in [0.15, 0.2) is 0 Å². The van der Waals surface area contributed by atoms with Crippen molar-refractivity contribution in [3.05, 3.63) is 48.0 Å². The summed E-state index contributed by atoms with van der Waals surface area (Å²) >= 11 is 0. The summed E-state index contributed by atoms with van der Waals surface area (Å²) in [6.07, 6.45) is 11.7. The highest BCUT2D eigenvalue weighted by Gasteiger charge is 2.49. The normalized spacial score (nSPS) is 24.8. The minimum absolute atomic E-state index is 0.0758. The number of esters is 2. The Morgan fingerprint density at radius 2 is 1.47 bits per heavy atom. The summed E-state index contributed by atoms with van der Waals surface area (Å²) in [5, 5.41) is 0. The number of rotatable bonds is 11. The van der Waals surface area contributed by atoms with Gasteiger partial charge in [-0.15, -0.1) is 0 Å². The first-order chi connectivity index (χ1) is 14.6. The number of hydrogen-bond acceptors (Lipinski definition) is 4. The largest absolute Gasteiger partial charge is 0.465 e. The van der Waals surface area contributed by atoms with Gasteiger partial charge in [-0.05, 0) is 42.6 Å². The molecule has 4 atom stereocenters. The maximum atomic E-state index is 12.9. The molecule has 0 N–H and O–H groups in total. The lowest BCUT2D eigenvalue weighted by Gasteiger charge is -2.42. The molecular weight excluding hydrogens is 376 g/mol. The van der Waals surface area contributed by atoms with Crippen LogP contribution in [0.2, 0.25) is 0 Å². The molecule has 0 amide bonds. The molecule has 4 unspecified atom stereocenters. The number of carbonyl (C=O) groups is 2. The van der Waals surface area contributed by atoms with Crippen LogP contribution in [0.1, 0.15) is 64.4 Å². The van der Waals surface area contributed by atoms with E-state index in [9.17, 15) is 9.59 Å². The molecule has 1 fully saturated rings. The second-order valence-corrected chi connectivity index (χ2v) is 9.20. The number of allylic oxidation sites excluding steroid dienone is 2. The van der Waals surface area contributed by atoms with Crippen LogP contribution in [-0.4, -0.2) is 18.5 Å². The summed E-state index contributed by atoms with van der Waals surface area (Å²) in [5.74, 6) is -0.411. The van der Waals surface area contributed by atoms with Crippen molar-refractivity contribution >= 4 is 11.9 Å². The van der Waals surface area contributed by atoms with Crippen LogP contribution in [-0.2, 0) is 25.7 Å². The van der Waals surface area contributed by atoms with Gasteiger partial charge in [-0.2, -0.15) is 0 Å². The van der Waals surface area contributed by atoms with Gasteiger partial charge in [0.2, 0.25) is 0 Å². The molecule has 4 heteroatoms. The number of unbranched alkanes of at least 4 members (excludes halogenated alkanes) is 3. The van der Waals surface area contributed by atoms with E-state index in [0.717, 1.165) is 37.2 Å². The van der Waals surface area contributed by atoms with E-state index in [4.69, 9.17) is 9.47 Å². The maximum Gasteiger partial charge on any atom is 0.310 e. The SMILES string of the molecule is CC(C)CCCCCCOC(=O)C1C2C=CC(CC2)C1C(=O)OCc1ccccc1. The Morgan fingerprint density at radius 1 is 0.867 bits per heavy atom. The third-order valence-corrected chi connectivity index (χ3v) is 6.44. The molecule has 4 nitrogen and oxygen atoms in total. The first-order valence-corrected chi connectivity index (χ1v) is 11.6. The van der Waals surface area contributed by atoms with E-state index in [1.165, 1.54) is 19.3 Å². The molecule has 30 heavy (non-hydrogen) atoms. The molecule has 2 bridgehead atoms. The maximum absolute atomic E-state index is 12.9. The van der Waals surface area contributed by atoms with Crippen LogP contribution in [0.25, 0.3) is 0 Å². The van der Waals surface area contributed by atoms with Crippen LogP contribution < -0.4 is 0 Å². The Balaban J connectivity index is 1.49. The highest BCUT2D eigenvalue weighted by atomic mass is 16.5. The van der Waals surface area contributed by atoms with Crippen LogP contribution >= 0.6 is 0 Å². The van der Waals surface area contributed by atoms with Gasteiger partial charge in [-0.1, -0.05) is 82.0 Å². The summed E-state index contributed by atoms with van der Waals surface area (Å²) in [6, 6.07) is 9.67. The zero-order valence-electron chi connectivity index (χ0n) is 18.4. The van der Waals surface area contributed by atoms with Crippen molar-refractivity contribution in [3.63, 3.8) is 0 Å². The van der Waals surface area contributed by atoms with Crippen molar-refractivity contribution in [1.29, 1.82) is 0 Å². The molecule has 0 saturated heterocycles. The fourth-order valence-corrected chi connectivity index (χ4v) is 4.74. The zero-order valence-corrected chi connectivity index (χ0v) is 18.4. The minimum Gasteiger partial charge on any atom is -0.465 e. The molecule has 1 aromatic carbocycles. The fourth-order valence-electron chi connectivity index (χ4n) is 4.74. The molecule has 0 aliphatic heterocycles. The Morgan fingerprint density at radius 3 is 2.07 bits per heavy atom. The second-order valence-electron chi connectivity index (χ2n) is 9.20. The third kappa shape index (κ3) is 6.20. The molecule has 0 aromatic heterocycles. The Bertz CT molecular complexity index is 709. The Kier molecular flexibility index (Phi) is 8.53. The van der Waals surface area contributed by atoms with Gasteiger partial charge in [-0.25, -0.2) is 0 Å². The highest BCUT2D eigenvalue weighted by molar-refractivity contribution is 5.83. The van der Waals surface area contributed by atoms with Gasteiger partial charge in [-0.3, -0.25) is 9.59 Å². The van der Waals surface area contributed by atoms with Crippen LogP contribution in [0.3, 0.4) is 0 Å². The highest BCUT2D eigenvalue weighted by Crippen LogP contribution is 2.46. The molecule has 4 rings (SSSR count). The lowest BCUT2D eigenvalue weighted by atomic mass is 9.62. The molecule has 3 aliphatic carbocycles. The molecule has 3 aliphatic rings. The van der Waals surface area contributed by atoms with E-state index in [1.54, 1.807) is 0 Å². The number of carbonyl (C=O) groups excluding carboxylic acids is 2. The van der Waals surface area contributed by atoms with Crippen molar-refractivity contribution in [1.82, 2.24) is 0 Å². The third-order valence-electron chi connectivity index (χ3n) is 6.44. The molecule has 1 saturated carbocycles. The van der Waals surface area contributed by atoms with Crippen molar-refractivity contribution in [2.24, 2.45) is 29.6 Å². The summed E-state index contributed by atoms with van der Waals surface area (Å²) < 4.78 is 11.2. The quantitative estimate of drug-likeness (QED) is 0.265. The van der Waals surface area contributed by atoms with Gasteiger partial charge in [0, 0.05) is 0 Å². The molecule has 0 heterocycles. The summed E-state index contributed by atoms with van der Waals surface area (Å²) in [4.78, 5) is 25.8. The van der Waals surface area contributed by atoms with Gasteiger partial charge >= 0.3 is 11.9 Å². The average Bonchev–Trinajstić information content (AvgIpc) is 2.77. The predicted molar refractivity (Wildman–Crippen MR) is 117 cm³/mol. The molecule has 0 spiro atoms. The van der Waals surface area contributed by atoms with Gasteiger partial charge in [0.1, 0.15) is 6.61 Å². The molecule has 1 aromatic rings. The topological polar surface area (TPSA) is 52.6 Å². The molecular formula is C26H36O4. The van der Waals surface area contributed by atoms with Crippen molar-refractivity contribution in [3.8, 4) is 0 Å². The standard InChI is InChI=1S/C26H36O4/c1-19(2)10-6-3-4-9-17-29-25(27)23-21-13-15-22(16-14-21)24(23)26(28)30-18-20-11-7-5-8-12-20/h5,7-8,11-13,15,19,21-24H,3-4,6,9-10,14,16-18H2,1-2H3. The van der Waals surface area contributed by atoms with E-state index < -0.39 is 11.8 Å². The van der Waals surface area contributed by atoms with E-state index in [0.29, 0.717) is 6.61 Å². The van der Waals surface area contributed by atoms with Crippen LogP contribution in [0, 0.1) is 29.6 Å².